The van der Waals surface area contributed by atoms with E-state index in [0.717, 1.165) is 0 Å². The number of carbonyl (C=O) groups is 3. The molecule has 0 bridgehead atoms. The van der Waals surface area contributed by atoms with Gasteiger partial charge in [0.15, 0.2) is 0 Å². The Balaban J connectivity index is 2.47. The molecule has 1 aliphatic heterocycles. The predicted molar refractivity (Wildman–Crippen MR) is 55.6 cm³/mol. The average molecular weight is 228 g/mol. The molecule has 2 amide bonds. The largest absolute Gasteiger partial charge is 0.481 e. The van der Waals surface area contributed by atoms with Crippen LogP contribution >= 0.6 is 0 Å². The highest BCUT2D eigenvalue weighted by atomic mass is 16.4. The van der Waals surface area contributed by atoms with Crippen LogP contribution in [0.15, 0.2) is 0 Å². The standard InChI is InChI=1S/C10H16N2O4/c1-10(2,9(15)16)5-11-6-3-4-7(13)12-8(6)14/h6,11H,3-5H2,1-2H3,(H,15,16)(H,12,13,14). The van der Waals surface area contributed by atoms with Crippen LogP contribution < -0.4 is 10.6 Å². The van der Waals surface area contributed by atoms with Crippen molar-refractivity contribution in [1.82, 2.24) is 10.6 Å². The SMILES string of the molecule is CC(C)(CNC1CCC(=O)NC1=O)C(=O)O. The molecule has 1 fully saturated rings. The van der Waals surface area contributed by atoms with E-state index in [1.807, 2.05) is 0 Å². The fourth-order valence-corrected chi connectivity index (χ4v) is 1.34. The number of aliphatic carboxylic acids is 1. The zero-order valence-electron chi connectivity index (χ0n) is 9.37. The molecule has 16 heavy (non-hydrogen) atoms. The van der Waals surface area contributed by atoms with Crippen LogP contribution in [0.5, 0.6) is 0 Å². The number of imide groups is 1. The van der Waals surface area contributed by atoms with E-state index in [4.69, 9.17) is 5.11 Å². The summed E-state index contributed by atoms with van der Waals surface area (Å²) < 4.78 is 0. The molecule has 0 radical (unpaired) electrons. The van der Waals surface area contributed by atoms with Crippen LogP contribution in [-0.2, 0) is 14.4 Å². The summed E-state index contributed by atoms with van der Waals surface area (Å²) in [6.45, 7) is 3.34. The quantitative estimate of drug-likeness (QED) is 0.563. The summed E-state index contributed by atoms with van der Waals surface area (Å²) in [6.07, 6.45) is 0.706. The van der Waals surface area contributed by atoms with Gasteiger partial charge in [-0.3, -0.25) is 19.7 Å². The lowest BCUT2D eigenvalue weighted by atomic mass is 9.93. The van der Waals surface area contributed by atoms with Crippen LogP contribution in [0.25, 0.3) is 0 Å². The third-order valence-corrected chi connectivity index (χ3v) is 2.61. The van der Waals surface area contributed by atoms with Crippen LogP contribution in [0.4, 0.5) is 0 Å². The minimum Gasteiger partial charge on any atom is -0.481 e. The molecule has 1 saturated heterocycles. The number of carboxylic acid groups (broad SMARTS) is 1. The number of hydrogen-bond acceptors (Lipinski definition) is 4. The number of hydrogen-bond donors (Lipinski definition) is 3. The number of amides is 2. The second kappa shape index (κ2) is 4.61. The maximum absolute atomic E-state index is 11.3. The summed E-state index contributed by atoms with van der Waals surface area (Å²) in [5, 5.41) is 14.0. The Morgan fingerprint density at radius 3 is 2.69 bits per heavy atom. The smallest absolute Gasteiger partial charge is 0.310 e. The zero-order chi connectivity index (χ0) is 12.3. The molecule has 6 heteroatoms. The Morgan fingerprint density at radius 2 is 2.19 bits per heavy atom. The molecule has 0 aliphatic carbocycles. The predicted octanol–water partition coefficient (Wildman–Crippen LogP) is -0.508. The first-order chi connectivity index (χ1) is 7.33. The van der Waals surface area contributed by atoms with E-state index in [2.05, 4.69) is 10.6 Å². The topological polar surface area (TPSA) is 95.5 Å². The fourth-order valence-electron chi connectivity index (χ4n) is 1.34. The third kappa shape index (κ3) is 3.03. The lowest BCUT2D eigenvalue weighted by Gasteiger charge is -2.26. The monoisotopic (exact) mass is 228 g/mol. The number of rotatable bonds is 4. The first kappa shape index (κ1) is 12.6. The van der Waals surface area contributed by atoms with Crippen molar-refractivity contribution in [1.29, 1.82) is 0 Å². The molecule has 90 valence electrons. The molecule has 0 aromatic carbocycles. The summed E-state index contributed by atoms with van der Waals surface area (Å²) in [4.78, 5) is 33.1. The van der Waals surface area contributed by atoms with Gasteiger partial charge in [0.2, 0.25) is 11.8 Å². The number of carbonyl (C=O) groups excluding carboxylic acids is 2. The maximum Gasteiger partial charge on any atom is 0.310 e. The summed E-state index contributed by atoms with van der Waals surface area (Å²) in [5.41, 5.74) is -0.929. The Bertz CT molecular complexity index is 325. The lowest BCUT2D eigenvalue weighted by Crippen LogP contribution is -2.53. The molecule has 0 spiro atoms. The highest BCUT2D eigenvalue weighted by Crippen LogP contribution is 2.14. The van der Waals surface area contributed by atoms with Crippen LogP contribution in [0, 0.1) is 5.41 Å². The van der Waals surface area contributed by atoms with Crippen LogP contribution in [-0.4, -0.2) is 35.5 Å². The van der Waals surface area contributed by atoms with Gasteiger partial charge in [-0.05, 0) is 20.3 Å². The van der Waals surface area contributed by atoms with Gasteiger partial charge in [0.05, 0.1) is 11.5 Å². The molecule has 0 aromatic rings. The second-order valence-corrected chi connectivity index (χ2v) is 4.57. The fraction of sp³-hybridized carbons (Fsp3) is 0.700. The van der Waals surface area contributed by atoms with Crippen LogP contribution in [0.2, 0.25) is 0 Å². The Morgan fingerprint density at radius 1 is 1.56 bits per heavy atom. The molecule has 1 rings (SSSR count). The molecule has 1 unspecified atom stereocenters. The van der Waals surface area contributed by atoms with Gasteiger partial charge >= 0.3 is 5.97 Å². The van der Waals surface area contributed by atoms with Gasteiger partial charge in [-0.25, -0.2) is 0 Å². The molecule has 3 N–H and O–H groups in total. The van der Waals surface area contributed by atoms with Crippen molar-refractivity contribution in [2.24, 2.45) is 5.41 Å². The molecule has 0 aromatic heterocycles. The summed E-state index contributed by atoms with van der Waals surface area (Å²) in [6, 6.07) is -0.476. The number of nitrogens with one attached hydrogen (secondary N) is 2. The van der Waals surface area contributed by atoms with Crippen LogP contribution in [0.1, 0.15) is 26.7 Å². The van der Waals surface area contributed by atoms with E-state index in [1.165, 1.54) is 0 Å². The highest BCUT2D eigenvalue weighted by Gasteiger charge is 2.31. The van der Waals surface area contributed by atoms with Gasteiger partial charge in [-0.15, -0.1) is 0 Å². The van der Waals surface area contributed by atoms with E-state index >= 15 is 0 Å². The normalized spacial score (nSPS) is 21.8. The molecule has 0 saturated carbocycles. The van der Waals surface area contributed by atoms with Gasteiger partial charge in [-0.2, -0.15) is 0 Å². The first-order valence-corrected chi connectivity index (χ1v) is 5.13. The van der Waals surface area contributed by atoms with E-state index in [-0.39, 0.29) is 24.8 Å². The van der Waals surface area contributed by atoms with E-state index in [1.54, 1.807) is 13.8 Å². The summed E-state index contributed by atoms with van der Waals surface area (Å²) in [5.74, 6) is -1.58. The molecule has 6 nitrogen and oxygen atoms in total. The third-order valence-electron chi connectivity index (χ3n) is 2.61. The molecular weight excluding hydrogens is 212 g/mol. The van der Waals surface area contributed by atoms with Crippen molar-refractivity contribution < 1.29 is 19.5 Å². The van der Waals surface area contributed by atoms with Gasteiger partial charge < -0.3 is 10.4 Å². The highest BCUT2D eigenvalue weighted by molar-refractivity contribution is 6.00. The number of carboxylic acids is 1. The van der Waals surface area contributed by atoms with Crippen LogP contribution in [0.3, 0.4) is 0 Å². The van der Waals surface area contributed by atoms with Gasteiger partial charge in [0, 0.05) is 13.0 Å². The van der Waals surface area contributed by atoms with E-state index in [0.29, 0.717) is 6.42 Å². The molecule has 1 heterocycles. The van der Waals surface area contributed by atoms with E-state index < -0.39 is 17.4 Å². The van der Waals surface area contributed by atoms with Crippen molar-refractivity contribution in [3.63, 3.8) is 0 Å². The lowest BCUT2D eigenvalue weighted by molar-refractivity contribution is -0.147. The minimum absolute atomic E-state index is 0.189. The Labute approximate surface area is 93.4 Å². The zero-order valence-corrected chi connectivity index (χ0v) is 9.37. The Kier molecular flexibility index (Phi) is 3.64. The summed E-state index contributed by atoms with van der Waals surface area (Å²) >= 11 is 0. The Hall–Kier alpha value is -1.43. The van der Waals surface area contributed by atoms with Gasteiger partial charge in [-0.1, -0.05) is 0 Å². The van der Waals surface area contributed by atoms with Gasteiger partial charge in [0.25, 0.3) is 0 Å². The second-order valence-electron chi connectivity index (χ2n) is 4.57. The van der Waals surface area contributed by atoms with E-state index in [9.17, 15) is 14.4 Å². The van der Waals surface area contributed by atoms with Gasteiger partial charge in [0.1, 0.15) is 0 Å². The molecular formula is C10H16N2O4. The van der Waals surface area contributed by atoms with Crippen molar-refractivity contribution in [3.8, 4) is 0 Å². The van der Waals surface area contributed by atoms with Crippen molar-refractivity contribution in [2.75, 3.05) is 6.54 Å². The first-order valence-electron chi connectivity index (χ1n) is 5.13. The molecule has 1 atom stereocenters. The van der Waals surface area contributed by atoms with Crippen molar-refractivity contribution in [2.45, 2.75) is 32.7 Å². The number of piperidine rings is 1. The minimum atomic E-state index is -0.929. The summed E-state index contributed by atoms with van der Waals surface area (Å²) in [7, 11) is 0. The maximum atomic E-state index is 11.3. The van der Waals surface area contributed by atoms with Crippen molar-refractivity contribution >= 4 is 17.8 Å². The van der Waals surface area contributed by atoms with Crippen molar-refractivity contribution in [3.05, 3.63) is 0 Å². The molecule has 1 aliphatic rings. The average Bonchev–Trinajstić information content (AvgIpc) is 2.16.